The molecule has 0 atom stereocenters. The Balaban J connectivity index is 2.55. The molecule has 1 aliphatic rings. The maximum absolute atomic E-state index is 8.48. The maximum Gasteiger partial charge on any atom is 0.0950 e. The molecule has 9 heavy (non-hydrogen) atoms. The molecule has 1 N–H and O–H groups in total. The predicted molar refractivity (Wildman–Crippen MR) is 36.6 cm³/mol. The van der Waals surface area contributed by atoms with Crippen molar-refractivity contribution in [2.24, 2.45) is 0 Å². The molecule has 1 aliphatic carbocycles. The molecule has 0 aromatic carbocycles. The van der Waals surface area contributed by atoms with Gasteiger partial charge in [0.2, 0.25) is 0 Å². The summed E-state index contributed by atoms with van der Waals surface area (Å²) in [7, 11) is 0. The first-order chi connectivity index (χ1) is 4.36. The molecule has 0 spiro atoms. The highest BCUT2D eigenvalue weighted by atomic mass is 32.2. The van der Waals surface area contributed by atoms with Crippen LogP contribution in [-0.2, 0) is 0 Å². The lowest BCUT2D eigenvalue weighted by Gasteiger charge is -1.89. The minimum Gasteiger partial charge on any atom is -0.326 e. The fourth-order valence-corrected chi connectivity index (χ4v) is 0.988. The van der Waals surface area contributed by atoms with Gasteiger partial charge >= 0.3 is 0 Å². The topological polar surface area (TPSA) is 44.0 Å². The molecule has 0 aliphatic heterocycles. The van der Waals surface area contributed by atoms with E-state index in [0.717, 1.165) is 4.91 Å². The number of nitrogens with zero attached hydrogens (tertiary/aromatic N) is 1. The van der Waals surface area contributed by atoms with E-state index in [4.69, 9.17) is 9.81 Å². The van der Waals surface area contributed by atoms with E-state index in [1.165, 1.54) is 0 Å². The first-order valence-electron chi connectivity index (χ1n) is 2.48. The summed E-state index contributed by atoms with van der Waals surface area (Å²) >= 11 is 0.709. The number of hydrogen-bond acceptors (Lipinski definition) is 3. The minimum atomic E-state index is 0.595. The first-order valence-corrected chi connectivity index (χ1v) is 3.25. The van der Waals surface area contributed by atoms with Crippen molar-refractivity contribution in [3.05, 3.63) is 22.6 Å². The van der Waals surface area contributed by atoms with Crippen LogP contribution in [0.2, 0.25) is 0 Å². The smallest absolute Gasteiger partial charge is 0.0950 e. The van der Waals surface area contributed by atoms with Gasteiger partial charge in [-0.15, -0.1) is 0 Å². The molecule has 0 saturated heterocycles. The summed E-state index contributed by atoms with van der Waals surface area (Å²) in [5.41, 5.74) is 0.714. The maximum atomic E-state index is 8.48. The molecule has 0 saturated carbocycles. The van der Waals surface area contributed by atoms with E-state index >= 15 is 0 Å². The molecule has 0 bridgehead atoms. The quantitative estimate of drug-likeness (QED) is 0.564. The first kappa shape index (κ1) is 6.40. The summed E-state index contributed by atoms with van der Waals surface area (Å²) in [5.74, 6) is 0. The van der Waals surface area contributed by atoms with E-state index in [0.29, 0.717) is 24.0 Å². The number of nitriles is 1. The highest BCUT2D eigenvalue weighted by Crippen LogP contribution is 2.25. The summed E-state index contributed by atoms with van der Waals surface area (Å²) in [5, 5.41) is 8.34. The normalized spacial score (nSPS) is 16.4. The fraction of sp³-hybridized carbons (Fsp3) is 0.167. The van der Waals surface area contributed by atoms with Gasteiger partial charge in [-0.3, -0.25) is 0 Å². The average Bonchev–Trinajstić information content (AvgIpc) is 2.34. The van der Waals surface area contributed by atoms with Crippen molar-refractivity contribution < 1.29 is 4.55 Å². The molecule has 0 radical (unpaired) electrons. The molecule has 1 rings (SSSR count). The molecular formula is C6H5NOS. The van der Waals surface area contributed by atoms with Crippen LogP contribution in [0.3, 0.4) is 0 Å². The zero-order valence-corrected chi connectivity index (χ0v) is 5.48. The summed E-state index contributed by atoms with van der Waals surface area (Å²) in [4.78, 5) is 0.839. The van der Waals surface area contributed by atoms with Crippen LogP contribution in [0.5, 0.6) is 0 Å². The summed E-state index contributed by atoms with van der Waals surface area (Å²) in [6.07, 6.45) is 4.07. The van der Waals surface area contributed by atoms with Crippen molar-refractivity contribution in [2.75, 3.05) is 0 Å². The van der Waals surface area contributed by atoms with Crippen LogP contribution in [0.4, 0.5) is 0 Å². The molecule has 0 aromatic heterocycles. The van der Waals surface area contributed by atoms with Gasteiger partial charge in [-0.1, -0.05) is 0 Å². The van der Waals surface area contributed by atoms with Crippen molar-refractivity contribution in [1.82, 2.24) is 0 Å². The lowest BCUT2D eigenvalue weighted by molar-refractivity contribution is 0.668. The summed E-state index contributed by atoms with van der Waals surface area (Å²) in [6, 6.07) is 2.01. The van der Waals surface area contributed by atoms with Crippen LogP contribution in [-0.4, -0.2) is 4.55 Å². The van der Waals surface area contributed by atoms with Crippen molar-refractivity contribution in [3.8, 4) is 6.07 Å². The molecule has 46 valence electrons. The standard InChI is InChI=1S/C6H5NOS/c7-4-5-1-2-6(3-5)9-8/h1-2,8H,3H2. The van der Waals surface area contributed by atoms with Crippen LogP contribution < -0.4 is 0 Å². The molecule has 0 unspecified atom stereocenters. The Labute approximate surface area is 57.7 Å². The monoisotopic (exact) mass is 139 g/mol. The van der Waals surface area contributed by atoms with Gasteiger partial charge in [0.15, 0.2) is 0 Å². The van der Waals surface area contributed by atoms with E-state index in [1.807, 2.05) is 6.07 Å². The molecule has 0 amide bonds. The van der Waals surface area contributed by atoms with E-state index in [1.54, 1.807) is 12.2 Å². The second-order valence-electron chi connectivity index (χ2n) is 1.70. The van der Waals surface area contributed by atoms with Gasteiger partial charge in [0.05, 0.1) is 6.07 Å². The highest BCUT2D eigenvalue weighted by molar-refractivity contribution is 7.97. The van der Waals surface area contributed by atoms with Gasteiger partial charge in [-0.05, 0) is 12.2 Å². The number of rotatable bonds is 1. The third kappa shape index (κ3) is 1.35. The Morgan fingerprint density at radius 1 is 1.67 bits per heavy atom. The van der Waals surface area contributed by atoms with Crippen LogP contribution >= 0.6 is 12.0 Å². The van der Waals surface area contributed by atoms with E-state index in [2.05, 4.69) is 0 Å². The summed E-state index contributed by atoms with van der Waals surface area (Å²) < 4.78 is 8.48. The Morgan fingerprint density at radius 2 is 2.44 bits per heavy atom. The third-order valence-electron chi connectivity index (χ3n) is 1.10. The van der Waals surface area contributed by atoms with Crippen molar-refractivity contribution in [3.63, 3.8) is 0 Å². The zero-order valence-electron chi connectivity index (χ0n) is 4.66. The second kappa shape index (κ2) is 2.72. The van der Waals surface area contributed by atoms with Crippen LogP contribution in [0.15, 0.2) is 22.6 Å². The molecule has 0 fully saturated rings. The highest BCUT2D eigenvalue weighted by Gasteiger charge is 2.06. The lowest BCUT2D eigenvalue weighted by Crippen LogP contribution is -1.72. The van der Waals surface area contributed by atoms with Crippen molar-refractivity contribution in [2.45, 2.75) is 6.42 Å². The van der Waals surface area contributed by atoms with Gasteiger partial charge in [0.25, 0.3) is 0 Å². The summed E-state index contributed by atoms with van der Waals surface area (Å²) in [6.45, 7) is 0. The average molecular weight is 139 g/mol. The van der Waals surface area contributed by atoms with Gasteiger partial charge in [0, 0.05) is 28.9 Å². The Hall–Kier alpha value is -0.720. The molecule has 0 aromatic rings. The Morgan fingerprint density at radius 3 is 2.78 bits per heavy atom. The van der Waals surface area contributed by atoms with Crippen LogP contribution in [0.25, 0.3) is 0 Å². The molecule has 2 nitrogen and oxygen atoms in total. The van der Waals surface area contributed by atoms with Gasteiger partial charge in [-0.25, -0.2) is 0 Å². The largest absolute Gasteiger partial charge is 0.326 e. The van der Waals surface area contributed by atoms with E-state index < -0.39 is 0 Å². The van der Waals surface area contributed by atoms with E-state index in [9.17, 15) is 0 Å². The van der Waals surface area contributed by atoms with Crippen LogP contribution in [0.1, 0.15) is 6.42 Å². The van der Waals surface area contributed by atoms with Gasteiger partial charge in [0.1, 0.15) is 0 Å². The Kier molecular flexibility index (Phi) is 1.93. The fourth-order valence-electron chi connectivity index (χ4n) is 0.639. The van der Waals surface area contributed by atoms with Crippen molar-refractivity contribution >= 4 is 12.0 Å². The van der Waals surface area contributed by atoms with Crippen molar-refractivity contribution in [1.29, 1.82) is 5.26 Å². The van der Waals surface area contributed by atoms with Gasteiger partial charge in [-0.2, -0.15) is 5.26 Å². The number of hydrogen-bond donors (Lipinski definition) is 1. The lowest BCUT2D eigenvalue weighted by atomic mass is 10.3. The molecule has 0 heterocycles. The minimum absolute atomic E-state index is 0.595. The Bertz CT molecular complexity index is 212. The SMILES string of the molecule is N#CC1=CC=C(SO)C1. The molecular weight excluding hydrogens is 134 g/mol. The second-order valence-corrected chi connectivity index (χ2v) is 2.41. The third-order valence-corrected chi connectivity index (χ3v) is 1.61. The predicted octanol–water partition coefficient (Wildman–Crippen LogP) is 1.93. The van der Waals surface area contributed by atoms with E-state index in [-0.39, 0.29) is 0 Å². The van der Waals surface area contributed by atoms with Gasteiger partial charge < -0.3 is 4.55 Å². The number of allylic oxidation sites excluding steroid dienone is 4. The van der Waals surface area contributed by atoms with Crippen LogP contribution in [0, 0.1) is 11.3 Å². The molecule has 3 heteroatoms. The zero-order chi connectivity index (χ0) is 6.69.